The summed E-state index contributed by atoms with van der Waals surface area (Å²) in [6.07, 6.45) is 3.73. The lowest BCUT2D eigenvalue weighted by Gasteiger charge is -2.14. The van der Waals surface area contributed by atoms with Crippen molar-refractivity contribution in [1.82, 2.24) is 9.55 Å². The fourth-order valence-electron chi connectivity index (χ4n) is 1.83. The Morgan fingerprint density at radius 1 is 1.40 bits per heavy atom. The number of nitrogens with one attached hydrogen (secondary N) is 1. The second-order valence-corrected chi connectivity index (χ2v) is 3.95. The molecule has 0 spiro atoms. The van der Waals surface area contributed by atoms with E-state index in [9.17, 15) is 9.59 Å². The van der Waals surface area contributed by atoms with Gasteiger partial charge in [-0.1, -0.05) is 13.8 Å². The largest absolute Gasteiger partial charge is 0.394 e. The van der Waals surface area contributed by atoms with Crippen LogP contribution in [0.15, 0.2) is 15.8 Å². The molecule has 0 radical (unpaired) electrons. The van der Waals surface area contributed by atoms with Crippen LogP contribution in [-0.4, -0.2) is 33.8 Å². The minimum atomic E-state index is -0.473. The second-order valence-electron chi connectivity index (χ2n) is 3.95. The minimum absolute atomic E-state index is 0.0480. The molecule has 20 heavy (non-hydrogen) atoms. The molecule has 7 heteroatoms. The SMILES string of the molecule is CC.CCl.Cc1cn(C2CCC(CO)O2)c(=O)[nH]c1=O. The summed E-state index contributed by atoms with van der Waals surface area (Å²) >= 11 is 4.64. The molecule has 1 aromatic rings. The van der Waals surface area contributed by atoms with Crippen LogP contribution in [0.2, 0.25) is 0 Å². The van der Waals surface area contributed by atoms with Crippen molar-refractivity contribution in [2.24, 2.45) is 0 Å². The topological polar surface area (TPSA) is 84.3 Å². The number of hydrogen-bond acceptors (Lipinski definition) is 4. The molecular weight excluding hydrogens is 284 g/mol. The standard InChI is InChI=1S/C10H14N2O4.C2H6.CH3Cl/c1-6-4-12(10(15)11-9(6)14)8-3-2-7(5-13)16-8;2*1-2/h4,7-8,13H,2-3,5H2,1H3,(H,11,14,15);1-2H3;1H3. The van der Waals surface area contributed by atoms with Gasteiger partial charge in [0.15, 0.2) is 0 Å². The Bertz CT molecular complexity index is 498. The van der Waals surface area contributed by atoms with Crippen LogP contribution in [0.5, 0.6) is 0 Å². The van der Waals surface area contributed by atoms with Crippen molar-refractivity contribution in [2.75, 3.05) is 13.0 Å². The minimum Gasteiger partial charge on any atom is -0.394 e. The number of H-pyrrole nitrogens is 1. The Balaban J connectivity index is 0.000000829. The summed E-state index contributed by atoms with van der Waals surface area (Å²) in [4.78, 5) is 24.9. The molecular formula is C13H23ClN2O4. The molecule has 0 bridgehead atoms. The Morgan fingerprint density at radius 2 is 2.00 bits per heavy atom. The highest BCUT2D eigenvalue weighted by atomic mass is 35.5. The maximum Gasteiger partial charge on any atom is 0.330 e. The smallest absolute Gasteiger partial charge is 0.330 e. The van der Waals surface area contributed by atoms with E-state index in [1.165, 1.54) is 17.1 Å². The molecule has 2 N–H and O–H groups in total. The monoisotopic (exact) mass is 306 g/mol. The zero-order chi connectivity index (χ0) is 15.7. The van der Waals surface area contributed by atoms with Crippen molar-refractivity contribution in [2.45, 2.75) is 45.9 Å². The summed E-state index contributed by atoms with van der Waals surface area (Å²) in [5.41, 5.74) is -0.382. The van der Waals surface area contributed by atoms with E-state index < -0.39 is 5.69 Å². The van der Waals surface area contributed by atoms with Crippen LogP contribution in [0.4, 0.5) is 0 Å². The summed E-state index contributed by atoms with van der Waals surface area (Å²) in [5.74, 6) is 0. The summed E-state index contributed by atoms with van der Waals surface area (Å²) in [6.45, 7) is 5.58. The number of rotatable bonds is 2. The number of aromatic nitrogens is 2. The predicted molar refractivity (Wildman–Crippen MR) is 79.4 cm³/mol. The van der Waals surface area contributed by atoms with Crippen LogP contribution in [0, 0.1) is 6.92 Å². The molecule has 1 aliphatic heterocycles. The van der Waals surface area contributed by atoms with E-state index in [0.717, 1.165) is 0 Å². The first-order chi connectivity index (χ1) is 9.61. The highest BCUT2D eigenvalue weighted by Crippen LogP contribution is 2.26. The van der Waals surface area contributed by atoms with Gasteiger partial charge < -0.3 is 9.84 Å². The van der Waals surface area contributed by atoms with E-state index in [2.05, 4.69) is 16.6 Å². The van der Waals surface area contributed by atoms with Crippen molar-refractivity contribution >= 4 is 11.6 Å². The van der Waals surface area contributed by atoms with E-state index >= 15 is 0 Å². The number of aromatic amines is 1. The van der Waals surface area contributed by atoms with E-state index in [1.807, 2.05) is 13.8 Å². The van der Waals surface area contributed by atoms with Gasteiger partial charge in [0.2, 0.25) is 0 Å². The Labute approximate surface area is 123 Å². The van der Waals surface area contributed by atoms with Crippen LogP contribution in [0.3, 0.4) is 0 Å². The third-order valence-corrected chi connectivity index (χ3v) is 2.74. The third kappa shape index (κ3) is 4.77. The molecule has 1 aromatic heterocycles. The molecule has 0 amide bonds. The van der Waals surface area contributed by atoms with Crippen molar-refractivity contribution in [3.8, 4) is 0 Å². The molecule has 6 nitrogen and oxygen atoms in total. The number of alkyl halides is 1. The number of nitrogens with zero attached hydrogens (tertiary/aromatic N) is 1. The van der Waals surface area contributed by atoms with Crippen LogP contribution in [0.1, 0.15) is 38.5 Å². The molecule has 116 valence electrons. The lowest BCUT2D eigenvalue weighted by atomic mass is 10.2. The Kier molecular flexibility index (Phi) is 9.20. The third-order valence-electron chi connectivity index (χ3n) is 2.74. The number of halogens is 1. The highest BCUT2D eigenvalue weighted by molar-refractivity contribution is 6.15. The molecule has 0 saturated carbocycles. The van der Waals surface area contributed by atoms with Crippen LogP contribution >= 0.6 is 11.6 Å². The molecule has 1 fully saturated rings. The van der Waals surface area contributed by atoms with Gasteiger partial charge in [-0.2, -0.15) is 0 Å². The van der Waals surface area contributed by atoms with Gasteiger partial charge in [0.05, 0.1) is 12.7 Å². The van der Waals surface area contributed by atoms with Gasteiger partial charge in [0.1, 0.15) is 6.23 Å². The van der Waals surface area contributed by atoms with Crippen molar-refractivity contribution in [1.29, 1.82) is 0 Å². The molecule has 2 unspecified atom stereocenters. The average molecular weight is 307 g/mol. The van der Waals surface area contributed by atoms with Gasteiger partial charge in [-0.15, -0.1) is 11.6 Å². The first-order valence-electron chi connectivity index (χ1n) is 6.58. The number of ether oxygens (including phenoxy) is 1. The molecule has 0 aliphatic carbocycles. The maximum absolute atomic E-state index is 11.5. The maximum atomic E-state index is 11.5. The quantitative estimate of drug-likeness (QED) is 0.809. The molecule has 1 saturated heterocycles. The second kappa shape index (κ2) is 9.74. The zero-order valence-electron chi connectivity index (χ0n) is 12.4. The van der Waals surface area contributed by atoms with E-state index in [-0.39, 0.29) is 24.5 Å². The molecule has 2 heterocycles. The number of hydrogen-bond donors (Lipinski definition) is 2. The molecule has 2 atom stereocenters. The number of aliphatic hydroxyl groups is 1. The predicted octanol–water partition coefficient (Wildman–Crippen LogP) is 1.40. The lowest BCUT2D eigenvalue weighted by Crippen LogP contribution is -2.33. The Morgan fingerprint density at radius 3 is 2.50 bits per heavy atom. The van der Waals surface area contributed by atoms with E-state index in [4.69, 9.17) is 9.84 Å². The van der Waals surface area contributed by atoms with E-state index in [0.29, 0.717) is 18.4 Å². The van der Waals surface area contributed by atoms with Gasteiger partial charge >= 0.3 is 5.69 Å². The summed E-state index contributed by atoms with van der Waals surface area (Å²) in [6, 6.07) is 0. The van der Waals surface area contributed by atoms with Crippen molar-refractivity contribution in [3.63, 3.8) is 0 Å². The highest BCUT2D eigenvalue weighted by Gasteiger charge is 2.26. The summed E-state index contributed by atoms with van der Waals surface area (Å²) < 4.78 is 6.83. The molecule has 0 aromatic carbocycles. The van der Waals surface area contributed by atoms with Gasteiger partial charge in [-0.3, -0.25) is 14.3 Å². The van der Waals surface area contributed by atoms with Gasteiger partial charge in [0.25, 0.3) is 5.56 Å². The first kappa shape index (κ1) is 18.9. The van der Waals surface area contributed by atoms with Crippen LogP contribution in [-0.2, 0) is 4.74 Å². The van der Waals surface area contributed by atoms with Gasteiger partial charge in [0, 0.05) is 18.1 Å². The lowest BCUT2D eigenvalue weighted by molar-refractivity contribution is -0.0247. The van der Waals surface area contributed by atoms with Gasteiger partial charge in [-0.05, 0) is 19.8 Å². The summed E-state index contributed by atoms with van der Waals surface area (Å²) in [5, 5.41) is 8.93. The average Bonchev–Trinajstić information content (AvgIpc) is 2.96. The first-order valence-corrected chi connectivity index (χ1v) is 7.33. The van der Waals surface area contributed by atoms with Crippen molar-refractivity contribution in [3.05, 3.63) is 32.6 Å². The summed E-state index contributed by atoms with van der Waals surface area (Å²) in [7, 11) is 0. The van der Waals surface area contributed by atoms with Crippen molar-refractivity contribution < 1.29 is 9.84 Å². The van der Waals surface area contributed by atoms with Gasteiger partial charge in [-0.25, -0.2) is 4.79 Å². The Hall–Kier alpha value is -1.11. The number of aryl methyl sites for hydroxylation is 1. The molecule has 1 aliphatic rings. The fraction of sp³-hybridized carbons (Fsp3) is 0.692. The van der Waals surface area contributed by atoms with Crippen LogP contribution < -0.4 is 11.2 Å². The normalized spacial score (nSPS) is 20.5. The zero-order valence-corrected chi connectivity index (χ0v) is 13.1. The fourth-order valence-corrected chi connectivity index (χ4v) is 1.83. The van der Waals surface area contributed by atoms with E-state index in [1.54, 1.807) is 6.92 Å². The number of aliphatic hydroxyl groups excluding tert-OH is 1. The molecule has 2 rings (SSSR count). The van der Waals surface area contributed by atoms with Crippen LogP contribution in [0.25, 0.3) is 0 Å².